The fraction of sp³-hybridized carbons (Fsp3) is 0.500. The topological polar surface area (TPSA) is 40.5 Å². The minimum Gasteiger partial charge on any atom is -0.508 e. The molecule has 1 aliphatic rings. The first-order valence-corrected chi connectivity index (χ1v) is 10.2. The number of hydrogen-bond acceptors (Lipinski definition) is 2. The second kappa shape index (κ2) is 7.73. The average Bonchev–Trinajstić information content (AvgIpc) is 2.62. The van der Waals surface area contributed by atoms with Crippen LogP contribution < -0.4 is 0 Å². The van der Waals surface area contributed by atoms with Crippen molar-refractivity contribution < 1.29 is 10.2 Å². The highest BCUT2D eigenvalue weighted by Gasteiger charge is 2.46. The fourth-order valence-electron chi connectivity index (χ4n) is 4.59. The maximum absolute atomic E-state index is 10.1. The average molecular weight is 353 g/mol. The smallest absolute Gasteiger partial charge is 0.118 e. The van der Waals surface area contributed by atoms with Crippen LogP contribution in [-0.2, 0) is 18.3 Å². The molecule has 0 amide bonds. The first kappa shape index (κ1) is 18.8. The Morgan fingerprint density at radius 2 is 1.35 bits per heavy atom. The van der Waals surface area contributed by atoms with Crippen molar-refractivity contribution >= 4 is 0 Å². The number of aromatic hydroxyl groups is 2. The highest BCUT2D eigenvalue weighted by atomic mass is 16.3. The number of aryl methyl sites for hydroxylation is 2. The Bertz CT molecular complexity index is 701. The van der Waals surface area contributed by atoms with Gasteiger partial charge in [-0.25, -0.2) is 0 Å². The van der Waals surface area contributed by atoms with Gasteiger partial charge in [0.15, 0.2) is 0 Å². The Morgan fingerprint density at radius 1 is 0.846 bits per heavy atom. The first-order chi connectivity index (χ1) is 12.5. The van der Waals surface area contributed by atoms with Crippen LogP contribution in [-0.4, -0.2) is 10.2 Å². The molecule has 0 unspecified atom stereocenters. The zero-order chi connectivity index (χ0) is 18.7. The Kier molecular flexibility index (Phi) is 5.60. The first-order valence-electron chi connectivity index (χ1n) is 10.2. The van der Waals surface area contributed by atoms with Crippen molar-refractivity contribution in [1.82, 2.24) is 0 Å². The highest BCUT2D eigenvalue weighted by molar-refractivity contribution is 5.49. The van der Waals surface area contributed by atoms with E-state index in [-0.39, 0.29) is 5.41 Å². The molecular formula is C24H32O2. The van der Waals surface area contributed by atoms with Gasteiger partial charge >= 0.3 is 0 Å². The Hall–Kier alpha value is -1.96. The molecule has 2 aromatic rings. The van der Waals surface area contributed by atoms with Crippen LogP contribution in [0.1, 0.15) is 75.1 Å². The van der Waals surface area contributed by atoms with E-state index in [2.05, 4.69) is 45.0 Å². The third kappa shape index (κ3) is 3.34. The lowest BCUT2D eigenvalue weighted by Crippen LogP contribution is -2.42. The molecule has 0 heterocycles. The minimum atomic E-state index is 0.0215. The number of unbranched alkanes of at least 4 members (excludes halogenated alkanes) is 1. The maximum atomic E-state index is 10.1. The molecule has 0 saturated heterocycles. The summed E-state index contributed by atoms with van der Waals surface area (Å²) in [5.74, 6) is 1.56. The summed E-state index contributed by atoms with van der Waals surface area (Å²) < 4.78 is 0. The van der Waals surface area contributed by atoms with E-state index in [1.807, 2.05) is 12.1 Å². The van der Waals surface area contributed by atoms with E-state index in [0.29, 0.717) is 11.5 Å². The Morgan fingerprint density at radius 3 is 1.77 bits per heavy atom. The molecule has 26 heavy (non-hydrogen) atoms. The minimum absolute atomic E-state index is 0.0215. The molecule has 0 spiro atoms. The van der Waals surface area contributed by atoms with Crippen LogP contribution >= 0.6 is 0 Å². The van der Waals surface area contributed by atoms with Crippen molar-refractivity contribution in [2.24, 2.45) is 5.92 Å². The summed E-state index contributed by atoms with van der Waals surface area (Å²) in [4.78, 5) is 0. The van der Waals surface area contributed by atoms with Gasteiger partial charge in [0, 0.05) is 5.41 Å². The molecule has 0 radical (unpaired) electrons. The van der Waals surface area contributed by atoms with Crippen molar-refractivity contribution in [3.63, 3.8) is 0 Å². The lowest BCUT2D eigenvalue weighted by Gasteiger charge is -2.49. The number of phenols is 2. The van der Waals surface area contributed by atoms with Crippen LogP contribution in [0.25, 0.3) is 0 Å². The third-order valence-corrected chi connectivity index (χ3v) is 6.27. The molecule has 1 fully saturated rings. The van der Waals surface area contributed by atoms with Crippen molar-refractivity contribution in [1.29, 1.82) is 0 Å². The molecule has 0 atom stereocenters. The van der Waals surface area contributed by atoms with Gasteiger partial charge in [-0.3, -0.25) is 0 Å². The standard InChI is InChI=1S/C24H32O2/c1-4-7-8-17-15-24(16-17,20-9-11-22(25)18(5-2)13-20)21-10-12-23(26)19(6-3)14-21/h9-14,17,25-26H,4-8,15-16H2,1-3H3. The van der Waals surface area contributed by atoms with Crippen LogP contribution in [0.3, 0.4) is 0 Å². The van der Waals surface area contributed by atoms with Gasteiger partial charge in [-0.05, 0) is 66.0 Å². The zero-order valence-corrected chi connectivity index (χ0v) is 16.4. The molecule has 0 aromatic heterocycles. The largest absolute Gasteiger partial charge is 0.508 e. The van der Waals surface area contributed by atoms with Crippen molar-refractivity contribution in [3.8, 4) is 11.5 Å². The Labute approximate surface area is 157 Å². The van der Waals surface area contributed by atoms with Gasteiger partial charge in [0.05, 0.1) is 0 Å². The lowest BCUT2D eigenvalue weighted by atomic mass is 9.54. The predicted molar refractivity (Wildman–Crippen MR) is 108 cm³/mol. The molecule has 2 heteroatoms. The van der Waals surface area contributed by atoms with Gasteiger partial charge in [-0.15, -0.1) is 0 Å². The summed E-state index contributed by atoms with van der Waals surface area (Å²) in [5.41, 5.74) is 4.69. The van der Waals surface area contributed by atoms with E-state index >= 15 is 0 Å². The van der Waals surface area contributed by atoms with Gasteiger partial charge in [0.1, 0.15) is 11.5 Å². The van der Waals surface area contributed by atoms with Crippen LogP contribution in [0.2, 0.25) is 0 Å². The SMILES string of the molecule is CCCCC1CC(c2ccc(O)c(CC)c2)(c2ccc(O)c(CC)c2)C1. The van der Waals surface area contributed by atoms with E-state index in [1.54, 1.807) is 0 Å². The Balaban J connectivity index is 2.01. The van der Waals surface area contributed by atoms with Gasteiger partial charge < -0.3 is 10.2 Å². The van der Waals surface area contributed by atoms with Crippen molar-refractivity contribution in [3.05, 3.63) is 58.7 Å². The summed E-state index contributed by atoms with van der Waals surface area (Å²) in [5, 5.41) is 20.2. The molecule has 2 aromatic carbocycles. The van der Waals surface area contributed by atoms with Crippen LogP contribution in [0.15, 0.2) is 36.4 Å². The van der Waals surface area contributed by atoms with Crippen LogP contribution in [0.4, 0.5) is 0 Å². The number of hydrogen-bond donors (Lipinski definition) is 2. The molecule has 2 nitrogen and oxygen atoms in total. The van der Waals surface area contributed by atoms with Gasteiger partial charge in [-0.1, -0.05) is 64.3 Å². The molecule has 2 N–H and O–H groups in total. The highest BCUT2D eigenvalue weighted by Crippen LogP contribution is 2.54. The number of rotatable bonds is 7. The van der Waals surface area contributed by atoms with Crippen molar-refractivity contribution in [2.45, 2.75) is 71.1 Å². The zero-order valence-electron chi connectivity index (χ0n) is 16.4. The summed E-state index contributed by atoms with van der Waals surface area (Å²) in [6.45, 7) is 6.44. The second-order valence-corrected chi connectivity index (χ2v) is 7.89. The van der Waals surface area contributed by atoms with Crippen LogP contribution in [0, 0.1) is 5.92 Å². The summed E-state index contributed by atoms with van der Waals surface area (Å²) >= 11 is 0. The van der Waals surface area contributed by atoms with E-state index in [9.17, 15) is 10.2 Å². The quantitative estimate of drug-likeness (QED) is 0.631. The monoisotopic (exact) mass is 352 g/mol. The molecule has 0 aliphatic heterocycles. The summed E-state index contributed by atoms with van der Waals surface area (Å²) in [7, 11) is 0. The number of phenolic OH excluding ortho intramolecular Hbond substituents is 2. The second-order valence-electron chi connectivity index (χ2n) is 7.89. The summed E-state index contributed by atoms with van der Waals surface area (Å²) in [6, 6.07) is 12.3. The van der Waals surface area contributed by atoms with E-state index in [1.165, 1.54) is 30.4 Å². The molecule has 1 saturated carbocycles. The lowest BCUT2D eigenvalue weighted by molar-refractivity contribution is 0.168. The van der Waals surface area contributed by atoms with E-state index in [4.69, 9.17) is 0 Å². The van der Waals surface area contributed by atoms with Gasteiger partial charge in [0.25, 0.3) is 0 Å². The van der Waals surface area contributed by atoms with Gasteiger partial charge in [0.2, 0.25) is 0 Å². The van der Waals surface area contributed by atoms with Crippen LogP contribution in [0.5, 0.6) is 11.5 Å². The molecular weight excluding hydrogens is 320 g/mol. The maximum Gasteiger partial charge on any atom is 0.118 e. The molecule has 140 valence electrons. The summed E-state index contributed by atoms with van der Waals surface area (Å²) in [6.07, 6.45) is 7.85. The molecule has 0 bridgehead atoms. The van der Waals surface area contributed by atoms with Gasteiger partial charge in [-0.2, -0.15) is 0 Å². The van der Waals surface area contributed by atoms with Crippen molar-refractivity contribution in [2.75, 3.05) is 0 Å². The fourth-order valence-corrected chi connectivity index (χ4v) is 4.59. The molecule has 3 rings (SSSR count). The number of benzene rings is 2. The van der Waals surface area contributed by atoms with E-state index < -0.39 is 0 Å². The third-order valence-electron chi connectivity index (χ3n) is 6.27. The molecule has 1 aliphatic carbocycles. The van der Waals surface area contributed by atoms with E-state index in [0.717, 1.165) is 42.7 Å². The normalized spacial score (nSPS) is 16.4. The predicted octanol–water partition coefficient (Wildman–Crippen LogP) is 6.11.